The maximum absolute atomic E-state index is 13.6. The molecule has 0 N–H and O–H groups in total. The number of hydrogen-bond acceptors (Lipinski definition) is 8. The number of ether oxygens (including phenoxy) is 3. The minimum atomic E-state index is -0.122. The third-order valence-corrected chi connectivity index (χ3v) is 6.54. The molecule has 2 aromatic heterocycles. The Morgan fingerprint density at radius 1 is 1.23 bits per heavy atom. The number of methoxy groups -OCH3 is 2. The monoisotopic (exact) mass is 445 g/mol. The number of amides is 1. The molecule has 0 spiro atoms. The van der Waals surface area contributed by atoms with Gasteiger partial charge in [0.15, 0.2) is 5.13 Å². The van der Waals surface area contributed by atoms with Crippen molar-refractivity contribution in [1.82, 2.24) is 19.7 Å². The van der Waals surface area contributed by atoms with Crippen LogP contribution in [0, 0.1) is 6.92 Å². The Balaban J connectivity index is 1.73. The summed E-state index contributed by atoms with van der Waals surface area (Å²) in [6.07, 6.45) is 1.71. The van der Waals surface area contributed by atoms with Crippen molar-refractivity contribution < 1.29 is 19.0 Å². The van der Waals surface area contributed by atoms with Gasteiger partial charge in [-0.15, -0.1) is 0 Å². The van der Waals surface area contributed by atoms with Gasteiger partial charge in [-0.05, 0) is 24.6 Å². The zero-order chi connectivity index (χ0) is 22.0. The van der Waals surface area contributed by atoms with E-state index in [0.29, 0.717) is 47.6 Å². The van der Waals surface area contributed by atoms with Crippen LogP contribution in [0.5, 0.6) is 11.5 Å². The Bertz CT molecular complexity index is 1010. The van der Waals surface area contributed by atoms with Crippen LogP contribution in [0.4, 0.5) is 5.13 Å². The standard InChI is InChI=1S/C21H27N5O4S/c1-14-13-22-24(2)18(14)20(27)26(8-7-25-9-11-30-12-10-25)21-23-17-15(28-3)5-6-16(29-4)19(17)31-21/h5-6,13H,7-12H2,1-4H3. The topological polar surface area (TPSA) is 82.0 Å². The van der Waals surface area contributed by atoms with Crippen molar-refractivity contribution in [3.05, 3.63) is 29.6 Å². The SMILES string of the molecule is COc1ccc(OC)c2sc(N(CCN3CCOCC3)C(=O)c3c(C)cnn3C)nc12. The number of aryl methyl sites for hydroxylation is 2. The molecular formula is C21H27N5O4S. The highest BCUT2D eigenvalue weighted by molar-refractivity contribution is 7.22. The first kappa shape index (κ1) is 21.5. The van der Waals surface area contributed by atoms with Gasteiger partial charge in [-0.1, -0.05) is 11.3 Å². The summed E-state index contributed by atoms with van der Waals surface area (Å²) < 4.78 is 18.9. The molecule has 0 radical (unpaired) electrons. The van der Waals surface area contributed by atoms with Crippen molar-refractivity contribution in [2.45, 2.75) is 6.92 Å². The zero-order valence-corrected chi connectivity index (χ0v) is 19.1. The first-order valence-electron chi connectivity index (χ1n) is 10.2. The number of rotatable bonds is 7. The molecule has 0 aliphatic carbocycles. The second-order valence-corrected chi connectivity index (χ2v) is 8.33. The lowest BCUT2D eigenvalue weighted by atomic mass is 10.2. The second-order valence-electron chi connectivity index (χ2n) is 7.35. The van der Waals surface area contributed by atoms with Crippen LogP contribution in [0.15, 0.2) is 18.3 Å². The van der Waals surface area contributed by atoms with Gasteiger partial charge in [-0.3, -0.25) is 19.3 Å². The predicted molar refractivity (Wildman–Crippen MR) is 120 cm³/mol. The van der Waals surface area contributed by atoms with Crippen molar-refractivity contribution in [2.24, 2.45) is 7.05 Å². The molecule has 1 amide bonds. The Kier molecular flexibility index (Phi) is 6.40. The number of hydrogen-bond donors (Lipinski definition) is 0. The van der Waals surface area contributed by atoms with Crippen LogP contribution < -0.4 is 14.4 Å². The Morgan fingerprint density at radius 3 is 2.58 bits per heavy atom. The third-order valence-electron chi connectivity index (χ3n) is 5.44. The van der Waals surface area contributed by atoms with Crippen LogP contribution in [-0.4, -0.2) is 79.2 Å². The van der Waals surface area contributed by atoms with E-state index in [2.05, 4.69) is 10.00 Å². The van der Waals surface area contributed by atoms with Gasteiger partial charge in [0.25, 0.3) is 5.91 Å². The van der Waals surface area contributed by atoms with Crippen molar-refractivity contribution in [2.75, 3.05) is 58.5 Å². The fraction of sp³-hybridized carbons (Fsp3) is 0.476. The summed E-state index contributed by atoms with van der Waals surface area (Å²) in [5.74, 6) is 1.23. The molecule has 9 nitrogen and oxygen atoms in total. The summed E-state index contributed by atoms with van der Waals surface area (Å²) in [4.78, 5) is 22.5. The molecule has 0 saturated carbocycles. The minimum Gasteiger partial charge on any atom is -0.495 e. The normalized spacial score (nSPS) is 14.7. The molecule has 1 aliphatic heterocycles. The summed E-state index contributed by atoms with van der Waals surface area (Å²) in [5.41, 5.74) is 2.08. The second kappa shape index (κ2) is 9.21. The van der Waals surface area contributed by atoms with Crippen LogP contribution >= 0.6 is 11.3 Å². The molecule has 0 unspecified atom stereocenters. The molecule has 4 rings (SSSR count). The number of morpholine rings is 1. The summed E-state index contributed by atoms with van der Waals surface area (Å²) in [6.45, 7) is 6.27. The van der Waals surface area contributed by atoms with Gasteiger partial charge < -0.3 is 14.2 Å². The molecule has 1 fully saturated rings. The molecule has 1 aliphatic rings. The van der Waals surface area contributed by atoms with Crippen molar-refractivity contribution >= 4 is 32.6 Å². The molecule has 10 heteroatoms. The van der Waals surface area contributed by atoms with Crippen molar-refractivity contribution in [3.63, 3.8) is 0 Å². The lowest BCUT2D eigenvalue weighted by Gasteiger charge is -2.29. The van der Waals surface area contributed by atoms with E-state index >= 15 is 0 Å². The summed E-state index contributed by atoms with van der Waals surface area (Å²) >= 11 is 1.43. The predicted octanol–water partition coefficient (Wildman–Crippen LogP) is 2.33. The Hall–Kier alpha value is -2.69. The van der Waals surface area contributed by atoms with E-state index in [1.54, 1.807) is 37.0 Å². The Labute approximate surface area is 185 Å². The number of anilines is 1. The molecule has 0 atom stereocenters. The smallest absolute Gasteiger partial charge is 0.278 e. The van der Waals surface area contributed by atoms with E-state index in [1.807, 2.05) is 19.1 Å². The largest absolute Gasteiger partial charge is 0.495 e. The fourth-order valence-corrected chi connectivity index (χ4v) is 4.82. The van der Waals surface area contributed by atoms with Crippen LogP contribution in [-0.2, 0) is 11.8 Å². The number of thiazole rings is 1. The molecule has 3 heterocycles. The van der Waals surface area contributed by atoms with E-state index in [0.717, 1.165) is 29.9 Å². The highest BCUT2D eigenvalue weighted by Gasteiger charge is 2.27. The Morgan fingerprint density at radius 2 is 1.94 bits per heavy atom. The molecule has 1 saturated heterocycles. The van der Waals surface area contributed by atoms with E-state index in [9.17, 15) is 4.79 Å². The van der Waals surface area contributed by atoms with Gasteiger partial charge in [0.05, 0.1) is 33.6 Å². The van der Waals surface area contributed by atoms with E-state index in [-0.39, 0.29) is 5.91 Å². The third kappa shape index (κ3) is 4.23. The van der Waals surface area contributed by atoms with Crippen molar-refractivity contribution in [1.29, 1.82) is 0 Å². The molecule has 31 heavy (non-hydrogen) atoms. The van der Waals surface area contributed by atoms with Gasteiger partial charge >= 0.3 is 0 Å². The lowest BCUT2D eigenvalue weighted by molar-refractivity contribution is 0.0391. The van der Waals surface area contributed by atoms with E-state index in [1.165, 1.54) is 11.3 Å². The maximum atomic E-state index is 13.6. The molecule has 0 bridgehead atoms. The van der Waals surface area contributed by atoms with Crippen LogP contribution in [0.3, 0.4) is 0 Å². The van der Waals surface area contributed by atoms with Crippen LogP contribution in [0.2, 0.25) is 0 Å². The number of fused-ring (bicyclic) bond motifs is 1. The summed E-state index contributed by atoms with van der Waals surface area (Å²) in [6, 6.07) is 3.68. The zero-order valence-electron chi connectivity index (χ0n) is 18.3. The number of carbonyl (C=O) groups excluding carboxylic acids is 1. The maximum Gasteiger partial charge on any atom is 0.278 e. The number of nitrogens with zero attached hydrogens (tertiary/aromatic N) is 5. The first-order valence-corrected chi connectivity index (χ1v) is 11.0. The van der Waals surface area contributed by atoms with Gasteiger partial charge in [0, 0.05) is 33.2 Å². The average molecular weight is 446 g/mol. The minimum absolute atomic E-state index is 0.122. The highest BCUT2D eigenvalue weighted by Crippen LogP contribution is 2.40. The quantitative estimate of drug-likeness (QED) is 0.552. The fourth-order valence-electron chi connectivity index (χ4n) is 3.72. The van der Waals surface area contributed by atoms with Crippen LogP contribution in [0.1, 0.15) is 16.1 Å². The highest BCUT2D eigenvalue weighted by atomic mass is 32.1. The number of carbonyl (C=O) groups is 1. The number of benzene rings is 1. The molecular weight excluding hydrogens is 418 g/mol. The molecule has 166 valence electrons. The van der Waals surface area contributed by atoms with Crippen LogP contribution in [0.25, 0.3) is 10.2 Å². The van der Waals surface area contributed by atoms with Gasteiger partial charge in [-0.2, -0.15) is 5.10 Å². The van der Waals surface area contributed by atoms with E-state index < -0.39 is 0 Å². The van der Waals surface area contributed by atoms with Crippen molar-refractivity contribution in [3.8, 4) is 11.5 Å². The summed E-state index contributed by atoms with van der Waals surface area (Å²) in [5, 5.41) is 4.85. The van der Waals surface area contributed by atoms with Gasteiger partial charge in [-0.25, -0.2) is 4.98 Å². The first-order chi connectivity index (χ1) is 15.0. The summed E-state index contributed by atoms with van der Waals surface area (Å²) in [7, 11) is 5.02. The molecule has 3 aromatic rings. The van der Waals surface area contributed by atoms with Gasteiger partial charge in [0.2, 0.25) is 0 Å². The lowest BCUT2D eigenvalue weighted by Crippen LogP contribution is -2.43. The van der Waals surface area contributed by atoms with Gasteiger partial charge in [0.1, 0.15) is 27.4 Å². The molecule has 1 aromatic carbocycles. The average Bonchev–Trinajstić information content (AvgIpc) is 3.37. The van der Waals surface area contributed by atoms with E-state index in [4.69, 9.17) is 19.2 Å². The number of aromatic nitrogens is 3.